The van der Waals surface area contributed by atoms with E-state index in [2.05, 4.69) is 9.98 Å². The molecule has 4 rings (SSSR count). The van der Waals surface area contributed by atoms with Crippen LogP contribution in [-0.2, 0) is 10.3 Å². The van der Waals surface area contributed by atoms with E-state index in [0.717, 1.165) is 23.2 Å². The van der Waals surface area contributed by atoms with E-state index in [1.54, 1.807) is 0 Å². The van der Waals surface area contributed by atoms with Gasteiger partial charge >= 0.3 is 0 Å². The van der Waals surface area contributed by atoms with Crippen molar-refractivity contribution >= 4 is 11.9 Å². The van der Waals surface area contributed by atoms with Crippen LogP contribution in [0.2, 0.25) is 0 Å². The van der Waals surface area contributed by atoms with Gasteiger partial charge in [-0.3, -0.25) is 14.7 Å². The minimum absolute atomic E-state index is 0.0567. The maximum Gasteiger partial charge on any atom is 0.280 e. The number of aromatic nitrogens is 1. The van der Waals surface area contributed by atoms with Crippen molar-refractivity contribution in [1.82, 2.24) is 9.88 Å². The molecule has 154 valence electrons. The SMILES string of the molecule is CN1C(=O)C(c2ccnc(C(F)F)c2)(c2cc(-c3ccoc3)c(F)cc2F)N=C1N. The Bertz CT molecular complexity index is 1160. The summed E-state index contributed by atoms with van der Waals surface area (Å²) in [4.78, 5) is 21.9. The number of carbonyl (C=O) groups excluding carboxylic acids is 1. The molecule has 3 heterocycles. The first-order valence-corrected chi connectivity index (χ1v) is 8.66. The number of aliphatic imine (C=N–C) groups is 1. The number of carbonyl (C=O) groups is 1. The van der Waals surface area contributed by atoms with Crippen molar-refractivity contribution in [3.8, 4) is 11.1 Å². The number of guanidine groups is 1. The van der Waals surface area contributed by atoms with Crippen LogP contribution < -0.4 is 5.73 Å². The summed E-state index contributed by atoms with van der Waals surface area (Å²) in [6.07, 6.45) is 0.677. The minimum atomic E-state index is -2.93. The molecule has 1 atom stereocenters. The van der Waals surface area contributed by atoms with E-state index in [4.69, 9.17) is 10.2 Å². The molecule has 2 N–H and O–H groups in total. The number of hydrogen-bond acceptors (Lipinski definition) is 5. The Morgan fingerprint density at radius 3 is 2.53 bits per heavy atom. The van der Waals surface area contributed by atoms with Gasteiger partial charge in [-0.05, 0) is 29.8 Å². The molecule has 1 aliphatic heterocycles. The molecule has 1 unspecified atom stereocenters. The first kappa shape index (κ1) is 19.6. The number of benzene rings is 1. The smallest absolute Gasteiger partial charge is 0.280 e. The summed E-state index contributed by atoms with van der Waals surface area (Å²) >= 11 is 0. The van der Waals surface area contributed by atoms with Crippen LogP contribution in [0.3, 0.4) is 0 Å². The fourth-order valence-corrected chi connectivity index (χ4v) is 3.42. The normalized spacial score (nSPS) is 18.9. The molecule has 0 fully saturated rings. The van der Waals surface area contributed by atoms with Crippen molar-refractivity contribution in [2.24, 2.45) is 10.7 Å². The molecule has 30 heavy (non-hydrogen) atoms. The van der Waals surface area contributed by atoms with E-state index in [1.165, 1.54) is 31.7 Å². The maximum absolute atomic E-state index is 15.0. The summed E-state index contributed by atoms with van der Waals surface area (Å²) in [6, 6.07) is 5.38. The molecule has 0 aliphatic carbocycles. The topological polar surface area (TPSA) is 84.7 Å². The molecule has 0 radical (unpaired) electrons. The predicted octanol–water partition coefficient (Wildman–Crippen LogP) is 3.59. The lowest BCUT2D eigenvalue weighted by Crippen LogP contribution is -2.41. The Morgan fingerprint density at radius 2 is 1.93 bits per heavy atom. The van der Waals surface area contributed by atoms with Gasteiger partial charge in [-0.15, -0.1) is 0 Å². The van der Waals surface area contributed by atoms with Gasteiger partial charge in [-0.2, -0.15) is 0 Å². The standard InChI is InChI=1S/C20H14F4N4O2/c1-28-18(29)20(27-19(28)25,11-2-4-26-16(6-11)17(23)24)13-7-12(10-3-5-30-9-10)14(21)8-15(13)22/h2-9,17H,1H3,(H2,25,27). The lowest BCUT2D eigenvalue weighted by Gasteiger charge is -2.27. The van der Waals surface area contributed by atoms with Crippen LogP contribution in [0.1, 0.15) is 23.2 Å². The number of halogens is 4. The Morgan fingerprint density at radius 1 is 1.17 bits per heavy atom. The first-order chi connectivity index (χ1) is 14.3. The van der Waals surface area contributed by atoms with E-state index in [9.17, 15) is 18.0 Å². The van der Waals surface area contributed by atoms with Crippen LogP contribution in [0, 0.1) is 11.6 Å². The van der Waals surface area contributed by atoms with Crippen LogP contribution in [0.25, 0.3) is 11.1 Å². The third-order valence-corrected chi connectivity index (χ3v) is 4.94. The van der Waals surface area contributed by atoms with Gasteiger partial charge in [0.05, 0.1) is 12.5 Å². The Kier molecular flexibility index (Phi) is 4.56. The second-order valence-electron chi connectivity index (χ2n) is 6.64. The lowest BCUT2D eigenvalue weighted by atomic mass is 9.81. The zero-order valence-electron chi connectivity index (χ0n) is 15.4. The van der Waals surface area contributed by atoms with Gasteiger partial charge in [0.1, 0.15) is 17.3 Å². The summed E-state index contributed by atoms with van der Waals surface area (Å²) in [5.41, 5.74) is 2.88. The zero-order valence-corrected chi connectivity index (χ0v) is 15.4. The molecule has 1 aromatic carbocycles. The number of hydrogen-bond donors (Lipinski definition) is 1. The number of furan rings is 1. The first-order valence-electron chi connectivity index (χ1n) is 8.66. The summed E-state index contributed by atoms with van der Waals surface area (Å²) in [7, 11) is 1.32. The van der Waals surface area contributed by atoms with Crippen molar-refractivity contribution in [2.75, 3.05) is 7.05 Å². The quantitative estimate of drug-likeness (QED) is 0.657. The molecule has 0 saturated carbocycles. The summed E-state index contributed by atoms with van der Waals surface area (Å²) in [5.74, 6) is -3.01. The Labute approximate surface area is 167 Å². The monoisotopic (exact) mass is 418 g/mol. The number of likely N-dealkylation sites (N-methyl/N-ethyl adjacent to an activating group) is 1. The van der Waals surface area contributed by atoms with E-state index in [1.807, 2.05) is 0 Å². The fraction of sp³-hybridized carbons (Fsp3) is 0.150. The van der Waals surface area contributed by atoms with Gasteiger partial charge in [0.25, 0.3) is 12.3 Å². The summed E-state index contributed by atoms with van der Waals surface area (Å²) < 4.78 is 60.9. The number of rotatable bonds is 4. The van der Waals surface area contributed by atoms with Gasteiger partial charge in [-0.25, -0.2) is 22.6 Å². The molecule has 0 bridgehead atoms. The molecule has 6 nitrogen and oxygen atoms in total. The Balaban J connectivity index is 2.03. The Hall–Kier alpha value is -3.69. The molecule has 3 aromatic rings. The highest BCUT2D eigenvalue weighted by Gasteiger charge is 2.51. The average molecular weight is 418 g/mol. The van der Waals surface area contributed by atoms with Crippen LogP contribution in [0.4, 0.5) is 17.6 Å². The van der Waals surface area contributed by atoms with Crippen molar-refractivity contribution in [3.05, 3.63) is 77.5 Å². The molecule has 0 spiro atoms. The van der Waals surface area contributed by atoms with Crippen LogP contribution >= 0.6 is 0 Å². The molecule has 1 amide bonds. The lowest BCUT2D eigenvalue weighted by molar-refractivity contribution is -0.129. The number of nitrogens with zero attached hydrogens (tertiary/aromatic N) is 3. The highest BCUT2D eigenvalue weighted by atomic mass is 19.3. The fourth-order valence-electron chi connectivity index (χ4n) is 3.42. The number of pyridine rings is 1. The van der Waals surface area contributed by atoms with Crippen LogP contribution in [-0.4, -0.2) is 28.8 Å². The molecular weight excluding hydrogens is 404 g/mol. The highest BCUT2D eigenvalue weighted by Crippen LogP contribution is 2.43. The number of amides is 1. The largest absolute Gasteiger partial charge is 0.472 e. The highest BCUT2D eigenvalue weighted by molar-refractivity contribution is 6.09. The second kappa shape index (κ2) is 6.97. The van der Waals surface area contributed by atoms with Crippen molar-refractivity contribution in [3.63, 3.8) is 0 Å². The van der Waals surface area contributed by atoms with Crippen molar-refractivity contribution in [2.45, 2.75) is 12.0 Å². The summed E-state index contributed by atoms with van der Waals surface area (Å²) in [5, 5.41) is 0. The van der Waals surface area contributed by atoms with Gasteiger partial charge in [-0.1, -0.05) is 0 Å². The third kappa shape index (κ3) is 2.83. The number of alkyl halides is 2. The minimum Gasteiger partial charge on any atom is -0.472 e. The molecule has 2 aromatic heterocycles. The van der Waals surface area contributed by atoms with Crippen molar-refractivity contribution in [1.29, 1.82) is 0 Å². The van der Waals surface area contributed by atoms with Gasteiger partial charge in [0.2, 0.25) is 0 Å². The van der Waals surface area contributed by atoms with E-state index >= 15 is 4.39 Å². The second-order valence-corrected chi connectivity index (χ2v) is 6.64. The predicted molar refractivity (Wildman–Crippen MR) is 98.4 cm³/mol. The molecular formula is C20H14F4N4O2. The van der Waals surface area contributed by atoms with Gasteiger partial charge in [0.15, 0.2) is 11.5 Å². The molecule has 1 aliphatic rings. The zero-order chi connectivity index (χ0) is 21.6. The molecule has 0 saturated heterocycles. The average Bonchev–Trinajstić information content (AvgIpc) is 3.32. The van der Waals surface area contributed by atoms with E-state index in [0.29, 0.717) is 11.6 Å². The van der Waals surface area contributed by atoms with Crippen molar-refractivity contribution < 1.29 is 26.8 Å². The maximum atomic E-state index is 15.0. The van der Waals surface area contributed by atoms with Gasteiger partial charge in [0, 0.05) is 36.0 Å². The van der Waals surface area contributed by atoms with Gasteiger partial charge < -0.3 is 10.2 Å². The summed E-state index contributed by atoms with van der Waals surface area (Å²) in [6.45, 7) is 0. The van der Waals surface area contributed by atoms with Crippen LogP contribution in [0.5, 0.6) is 0 Å². The van der Waals surface area contributed by atoms with E-state index in [-0.39, 0.29) is 22.6 Å². The van der Waals surface area contributed by atoms with E-state index < -0.39 is 35.2 Å². The van der Waals surface area contributed by atoms with Crippen LogP contribution in [0.15, 0.2) is 58.5 Å². The number of nitrogens with two attached hydrogens (primary N) is 1. The molecule has 10 heteroatoms. The third-order valence-electron chi connectivity index (χ3n) is 4.94.